The van der Waals surface area contributed by atoms with Crippen molar-refractivity contribution in [2.75, 3.05) is 31.1 Å². The van der Waals surface area contributed by atoms with Gasteiger partial charge in [-0.2, -0.15) is 0 Å². The van der Waals surface area contributed by atoms with Gasteiger partial charge < -0.3 is 9.80 Å². The molecular formula is C30H29ClN4O. The fourth-order valence-corrected chi connectivity index (χ4v) is 4.82. The van der Waals surface area contributed by atoms with Gasteiger partial charge >= 0.3 is 0 Å². The molecule has 0 spiro atoms. The van der Waals surface area contributed by atoms with Gasteiger partial charge in [0.05, 0.1) is 10.6 Å². The molecule has 5 nitrogen and oxygen atoms in total. The van der Waals surface area contributed by atoms with Gasteiger partial charge in [-0.3, -0.25) is 4.79 Å². The summed E-state index contributed by atoms with van der Waals surface area (Å²) in [5, 5.41) is 0.490. The first-order chi connectivity index (χ1) is 17.5. The number of carbonyl (C=O) groups excluding carboxylic acids is 1. The first-order valence-corrected chi connectivity index (χ1v) is 12.6. The van der Waals surface area contributed by atoms with E-state index in [0.717, 1.165) is 34.9 Å². The van der Waals surface area contributed by atoms with Crippen LogP contribution in [0.3, 0.4) is 0 Å². The predicted molar refractivity (Wildman–Crippen MR) is 146 cm³/mol. The van der Waals surface area contributed by atoms with Crippen LogP contribution in [0.5, 0.6) is 0 Å². The number of aryl methyl sites for hydroxylation is 2. The van der Waals surface area contributed by atoms with Crippen molar-refractivity contribution in [1.82, 2.24) is 14.9 Å². The highest BCUT2D eigenvalue weighted by Gasteiger charge is 2.26. The Balaban J connectivity index is 1.44. The zero-order valence-corrected chi connectivity index (χ0v) is 21.4. The van der Waals surface area contributed by atoms with Gasteiger partial charge in [-0.25, -0.2) is 9.97 Å². The van der Waals surface area contributed by atoms with Crippen LogP contribution in [0.4, 0.5) is 5.82 Å². The van der Waals surface area contributed by atoms with E-state index in [-0.39, 0.29) is 5.91 Å². The highest BCUT2D eigenvalue weighted by atomic mass is 35.5. The molecule has 0 aliphatic carbocycles. The lowest BCUT2D eigenvalue weighted by Crippen LogP contribution is -2.49. The minimum atomic E-state index is -0.0241. The molecule has 1 amide bonds. The molecule has 0 atom stereocenters. The number of hydrogen-bond acceptors (Lipinski definition) is 4. The Bertz CT molecular complexity index is 1360. The molecule has 4 aromatic rings. The number of hydrogen-bond donors (Lipinski definition) is 0. The predicted octanol–water partition coefficient (Wildman–Crippen LogP) is 5.97. The maximum absolute atomic E-state index is 13.1. The number of piperazine rings is 1. The van der Waals surface area contributed by atoms with Crippen LogP contribution < -0.4 is 4.90 Å². The molecule has 1 fully saturated rings. The largest absolute Gasteiger partial charge is 0.353 e. The van der Waals surface area contributed by atoms with Crippen molar-refractivity contribution >= 4 is 23.3 Å². The molecule has 6 heteroatoms. The quantitative estimate of drug-likeness (QED) is 0.341. The molecular weight excluding hydrogens is 468 g/mol. The fourth-order valence-electron chi connectivity index (χ4n) is 4.60. The second kappa shape index (κ2) is 10.5. The number of amides is 1. The molecule has 182 valence electrons. The summed E-state index contributed by atoms with van der Waals surface area (Å²) in [5.74, 6) is 1.65. The maximum Gasteiger partial charge on any atom is 0.255 e. The second-order valence-electron chi connectivity index (χ2n) is 9.22. The third kappa shape index (κ3) is 5.12. The number of carbonyl (C=O) groups is 1. The lowest BCUT2D eigenvalue weighted by atomic mass is 10.0. The summed E-state index contributed by atoms with van der Waals surface area (Å²) in [6, 6.07) is 26.0. The van der Waals surface area contributed by atoms with Crippen molar-refractivity contribution in [2.24, 2.45) is 0 Å². The SMILES string of the molecule is Cc1ccc(Cc2c(C)nc(-c3ccccc3)nc2N2CCN(C(=O)c3ccccc3Cl)CC2)cc1. The summed E-state index contributed by atoms with van der Waals surface area (Å²) in [4.78, 5) is 27.2. The maximum atomic E-state index is 13.1. The van der Waals surface area contributed by atoms with Gasteiger partial charge in [0.25, 0.3) is 5.91 Å². The topological polar surface area (TPSA) is 49.3 Å². The first-order valence-electron chi connectivity index (χ1n) is 12.3. The van der Waals surface area contributed by atoms with Crippen molar-refractivity contribution in [3.63, 3.8) is 0 Å². The Labute approximate surface area is 217 Å². The van der Waals surface area contributed by atoms with Crippen molar-refractivity contribution in [2.45, 2.75) is 20.3 Å². The number of rotatable bonds is 5. The summed E-state index contributed by atoms with van der Waals surface area (Å²) < 4.78 is 0. The van der Waals surface area contributed by atoms with E-state index in [1.807, 2.05) is 47.4 Å². The normalized spacial score (nSPS) is 13.6. The van der Waals surface area contributed by atoms with E-state index >= 15 is 0 Å². The van der Waals surface area contributed by atoms with E-state index in [4.69, 9.17) is 21.6 Å². The molecule has 3 aromatic carbocycles. The van der Waals surface area contributed by atoms with Gasteiger partial charge in [-0.05, 0) is 31.5 Å². The van der Waals surface area contributed by atoms with Gasteiger partial charge in [0, 0.05) is 49.4 Å². The summed E-state index contributed by atoms with van der Waals surface area (Å²) >= 11 is 6.29. The average molecular weight is 497 g/mol. The summed E-state index contributed by atoms with van der Waals surface area (Å²) in [6.07, 6.45) is 0.759. The molecule has 2 heterocycles. The molecule has 1 saturated heterocycles. The van der Waals surface area contributed by atoms with Crippen LogP contribution in [0.25, 0.3) is 11.4 Å². The van der Waals surface area contributed by atoms with Crippen molar-refractivity contribution in [3.05, 3.63) is 112 Å². The zero-order chi connectivity index (χ0) is 25.1. The molecule has 1 aliphatic heterocycles. The molecule has 1 aliphatic rings. The Morgan fingerprint density at radius 1 is 0.833 bits per heavy atom. The molecule has 0 N–H and O–H groups in total. The fraction of sp³-hybridized carbons (Fsp3) is 0.233. The summed E-state index contributed by atoms with van der Waals surface area (Å²) in [7, 11) is 0. The standard InChI is InChI=1S/C30H29ClN4O/c1-21-12-14-23(15-13-21)20-26-22(2)32-28(24-8-4-3-5-9-24)33-29(26)34-16-18-35(19-17-34)30(36)25-10-6-7-11-27(25)31/h3-15H,16-20H2,1-2H3. The van der Waals surface area contributed by atoms with Gasteiger partial charge in [0.2, 0.25) is 0 Å². The molecule has 0 saturated carbocycles. The van der Waals surface area contributed by atoms with Crippen LogP contribution in [-0.2, 0) is 6.42 Å². The number of benzene rings is 3. The lowest BCUT2D eigenvalue weighted by molar-refractivity contribution is 0.0746. The van der Waals surface area contributed by atoms with E-state index in [0.29, 0.717) is 36.8 Å². The van der Waals surface area contributed by atoms with E-state index < -0.39 is 0 Å². The average Bonchev–Trinajstić information content (AvgIpc) is 2.91. The van der Waals surface area contributed by atoms with E-state index in [1.165, 1.54) is 11.1 Å². The Morgan fingerprint density at radius 3 is 2.19 bits per heavy atom. The molecule has 0 radical (unpaired) electrons. The van der Waals surface area contributed by atoms with Crippen LogP contribution in [0.2, 0.25) is 5.02 Å². The highest BCUT2D eigenvalue weighted by molar-refractivity contribution is 6.33. The zero-order valence-electron chi connectivity index (χ0n) is 20.6. The number of anilines is 1. The molecule has 5 rings (SSSR count). The third-order valence-corrected chi connectivity index (χ3v) is 7.03. The monoisotopic (exact) mass is 496 g/mol. The van der Waals surface area contributed by atoms with E-state index in [9.17, 15) is 4.79 Å². The van der Waals surface area contributed by atoms with Crippen LogP contribution in [-0.4, -0.2) is 47.0 Å². The van der Waals surface area contributed by atoms with Crippen LogP contribution >= 0.6 is 11.6 Å². The summed E-state index contributed by atoms with van der Waals surface area (Å²) in [5.41, 5.74) is 6.13. The Kier molecular flexibility index (Phi) is 7.01. The van der Waals surface area contributed by atoms with Crippen molar-refractivity contribution in [3.8, 4) is 11.4 Å². The third-order valence-electron chi connectivity index (χ3n) is 6.70. The van der Waals surface area contributed by atoms with Gasteiger partial charge in [0.15, 0.2) is 5.82 Å². The van der Waals surface area contributed by atoms with Crippen LogP contribution in [0.15, 0.2) is 78.9 Å². The number of halogens is 1. The lowest BCUT2D eigenvalue weighted by Gasteiger charge is -2.36. The summed E-state index contributed by atoms with van der Waals surface area (Å²) in [6.45, 7) is 6.78. The first kappa shape index (κ1) is 24.0. The Hall–Kier alpha value is -3.70. The minimum Gasteiger partial charge on any atom is -0.353 e. The molecule has 36 heavy (non-hydrogen) atoms. The van der Waals surface area contributed by atoms with E-state index in [2.05, 4.69) is 43.0 Å². The van der Waals surface area contributed by atoms with Crippen molar-refractivity contribution in [1.29, 1.82) is 0 Å². The van der Waals surface area contributed by atoms with E-state index in [1.54, 1.807) is 12.1 Å². The van der Waals surface area contributed by atoms with Gasteiger partial charge in [-0.15, -0.1) is 0 Å². The number of aromatic nitrogens is 2. The Morgan fingerprint density at radius 2 is 1.50 bits per heavy atom. The molecule has 0 bridgehead atoms. The smallest absolute Gasteiger partial charge is 0.255 e. The minimum absolute atomic E-state index is 0.0241. The van der Waals surface area contributed by atoms with Gasteiger partial charge in [-0.1, -0.05) is 83.9 Å². The highest BCUT2D eigenvalue weighted by Crippen LogP contribution is 2.29. The van der Waals surface area contributed by atoms with Gasteiger partial charge in [0.1, 0.15) is 5.82 Å². The molecule has 1 aromatic heterocycles. The second-order valence-corrected chi connectivity index (χ2v) is 9.63. The van der Waals surface area contributed by atoms with Crippen molar-refractivity contribution < 1.29 is 4.79 Å². The molecule has 0 unspecified atom stereocenters. The number of nitrogens with zero attached hydrogens (tertiary/aromatic N) is 4. The van der Waals surface area contributed by atoms with Crippen LogP contribution in [0.1, 0.15) is 32.7 Å². The van der Waals surface area contributed by atoms with Crippen LogP contribution in [0, 0.1) is 13.8 Å².